The molecule has 0 spiro atoms. The molecule has 5 rings (SSSR count). The number of aliphatic hydroxyl groups excluding tert-OH is 2. The number of nitrogens with two attached hydrogens (primary N) is 1. The summed E-state index contributed by atoms with van der Waals surface area (Å²) in [6, 6.07) is 7.58. The first-order valence-corrected chi connectivity index (χ1v) is 14.1. The maximum absolute atomic E-state index is 13.0. The van der Waals surface area contributed by atoms with Gasteiger partial charge in [-0.1, -0.05) is 0 Å². The summed E-state index contributed by atoms with van der Waals surface area (Å²) in [5.74, 6) is -1.32. The van der Waals surface area contributed by atoms with E-state index in [4.69, 9.17) is 15.2 Å². The van der Waals surface area contributed by atoms with Gasteiger partial charge in [0.2, 0.25) is 11.8 Å². The Labute approximate surface area is 244 Å². The maximum atomic E-state index is 13.0. The number of amides is 2. The first-order chi connectivity index (χ1) is 20.1. The number of hydrogen-bond acceptors (Lipinski definition) is 12. The highest BCUT2D eigenvalue weighted by Crippen LogP contribution is 2.42. The fraction of sp³-hybridized carbons (Fsp3) is 0.407. The number of primary amides is 1. The second-order valence-corrected chi connectivity index (χ2v) is 11.0. The van der Waals surface area contributed by atoms with Crippen LogP contribution in [-0.2, 0) is 26.5 Å². The lowest BCUT2D eigenvalue weighted by Crippen LogP contribution is -2.55. The maximum Gasteiger partial charge on any atom is 0.340 e. The van der Waals surface area contributed by atoms with Gasteiger partial charge in [0.05, 0.1) is 53.3 Å². The molecule has 0 radical (unpaired) electrons. The molecule has 7 N–H and O–H groups in total. The number of rotatable bonds is 10. The molecule has 4 atom stereocenters. The van der Waals surface area contributed by atoms with Crippen LogP contribution in [0.15, 0.2) is 35.2 Å². The number of pyridine rings is 3. The van der Waals surface area contributed by atoms with Crippen molar-refractivity contribution in [2.45, 2.75) is 54.6 Å². The monoisotopic (exact) mass is 598 g/mol. The van der Waals surface area contributed by atoms with Crippen molar-refractivity contribution in [3.8, 4) is 5.88 Å². The molecule has 1 fully saturated rings. The lowest BCUT2D eigenvalue weighted by molar-refractivity contribution is -0.195. The second-order valence-electron chi connectivity index (χ2n) is 10.0. The number of carboxylic acid groups (broad SMARTS) is 1. The number of aromatic nitrogens is 3. The molecule has 14 nitrogen and oxygen atoms in total. The van der Waals surface area contributed by atoms with Gasteiger partial charge in [-0.15, -0.1) is 11.8 Å². The van der Waals surface area contributed by atoms with Crippen molar-refractivity contribution in [1.82, 2.24) is 20.3 Å². The Balaban J connectivity index is 1.49. The Morgan fingerprint density at radius 3 is 2.81 bits per heavy atom. The Morgan fingerprint density at radius 1 is 1.29 bits per heavy atom. The second kappa shape index (κ2) is 12.1. The van der Waals surface area contributed by atoms with E-state index in [0.717, 1.165) is 4.90 Å². The van der Waals surface area contributed by atoms with E-state index in [-0.39, 0.29) is 59.9 Å². The number of fused-ring (bicyclic) bond motifs is 2. The van der Waals surface area contributed by atoms with E-state index in [9.17, 15) is 29.7 Å². The number of hydrogen-bond donors (Lipinski definition) is 6. The fourth-order valence-electron chi connectivity index (χ4n) is 5.18. The van der Waals surface area contributed by atoms with Crippen LogP contribution in [0.5, 0.6) is 5.88 Å². The van der Waals surface area contributed by atoms with Gasteiger partial charge in [0.25, 0.3) is 5.91 Å². The van der Waals surface area contributed by atoms with Gasteiger partial charge in [-0.3, -0.25) is 9.59 Å². The summed E-state index contributed by atoms with van der Waals surface area (Å²) in [7, 11) is 1.41. The standard InChI is InChI=1S/C27H30N6O8S/c1-40-22-5-3-17-23(33-22)15(9-18(31-17)24(28)37)27(26(38)39)7-6-16(19(41-27)8-14(35)11-34)29-10-13-2-4-20-25(30-13)32-21(36)12-42-20/h2-5,9,14,16,19,29,34-35H,6-8,10-12H2,1H3,(H2,28,37)(H,38,39)(H,30,32,36)/t14-,16-,19-,27+/m1/s1. The van der Waals surface area contributed by atoms with Crippen LogP contribution in [0.3, 0.4) is 0 Å². The van der Waals surface area contributed by atoms with Gasteiger partial charge >= 0.3 is 5.97 Å². The normalized spacial score (nSPS) is 22.7. The van der Waals surface area contributed by atoms with Crippen molar-refractivity contribution in [2.24, 2.45) is 5.73 Å². The van der Waals surface area contributed by atoms with Crippen LogP contribution in [0.25, 0.3) is 11.0 Å². The lowest BCUT2D eigenvalue weighted by Gasteiger charge is -2.43. The van der Waals surface area contributed by atoms with Crippen molar-refractivity contribution in [3.63, 3.8) is 0 Å². The largest absolute Gasteiger partial charge is 0.481 e. The number of carboxylic acids is 1. The lowest BCUT2D eigenvalue weighted by atomic mass is 9.81. The van der Waals surface area contributed by atoms with Crippen molar-refractivity contribution < 1.29 is 39.2 Å². The van der Waals surface area contributed by atoms with Gasteiger partial charge in [-0.25, -0.2) is 19.7 Å². The summed E-state index contributed by atoms with van der Waals surface area (Å²) in [6.45, 7) is -0.296. The molecule has 1 saturated heterocycles. The molecule has 0 unspecified atom stereocenters. The van der Waals surface area contributed by atoms with Crippen LogP contribution < -0.4 is 21.1 Å². The van der Waals surface area contributed by atoms with Gasteiger partial charge < -0.3 is 41.2 Å². The van der Waals surface area contributed by atoms with Gasteiger partial charge in [0, 0.05) is 30.6 Å². The SMILES string of the molecule is COc1ccc2nc(C(N)=O)cc([C@]3(C(=O)O)CC[C@@H](NCc4ccc5c(n4)NC(=O)CS5)[C@@H](C[C@@H](O)CO)O3)c2n1. The number of ether oxygens (including phenoxy) is 2. The molecule has 2 aliphatic rings. The summed E-state index contributed by atoms with van der Waals surface area (Å²) in [6.07, 6.45) is -1.93. The Morgan fingerprint density at radius 2 is 2.10 bits per heavy atom. The quantitative estimate of drug-likeness (QED) is 0.188. The minimum Gasteiger partial charge on any atom is -0.481 e. The average molecular weight is 599 g/mol. The number of carbonyl (C=O) groups is 3. The first kappa shape index (κ1) is 29.6. The third-order valence-electron chi connectivity index (χ3n) is 7.27. The molecule has 2 amide bonds. The zero-order valence-corrected chi connectivity index (χ0v) is 23.4. The Hall–Kier alpha value is -3.89. The van der Waals surface area contributed by atoms with Crippen LogP contribution in [0.1, 0.15) is 41.0 Å². The molecule has 0 bridgehead atoms. The predicted molar refractivity (Wildman–Crippen MR) is 150 cm³/mol. The highest BCUT2D eigenvalue weighted by Gasteiger charge is 2.50. The summed E-state index contributed by atoms with van der Waals surface area (Å²) in [4.78, 5) is 50.9. The van der Waals surface area contributed by atoms with Crippen molar-refractivity contribution in [1.29, 1.82) is 0 Å². The zero-order valence-electron chi connectivity index (χ0n) is 22.6. The molecule has 3 aromatic heterocycles. The number of methoxy groups -OCH3 is 1. The van der Waals surface area contributed by atoms with E-state index in [0.29, 0.717) is 17.3 Å². The van der Waals surface area contributed by atoms with E-state index >= 15 is 0 Å². The van der Waals surface area contributed by atoms with Crippen LogP contribution in [0.4, 0.5) is 5.82 Å². The molecule has 5 heterocycles. The van der Waals surface area contributed by atoms with Crippen LogP contribution in [-0.4, -0.2) is 85.8 Å². The first-order valence-electron chi connectivity index (χ1n) is 13.2. The number of thioether (sulfide) groups is 1. The minimum atomic E-state index is -1.99. The Bertz CT molecular complexity index is 1540. The van der Waals surface area contributed by atoms with E-state index < -0.39 is 42.3 Å². The smallest absolute Gasteiger partial charge is 0.340 e. The zero-order chi connectivity index (χ0) is 30.0. The molecule has 0 aromatic carbocycles. The predicted octanol–water partition coefficient (Wildman–Crippen LogP) is 0.537. The van der Waals surface area contributed by atoms with E-state index in [2.05, 4.69) is 25.6 Å². The molecular formula is C27H30N6O8S. The van der Waals surface area contributed by atoms with E-state index in [1.165, 1.54) is 31.0 Å². The number of nitrogens with one attached hydrogen (secondary N) is 2. The fourth-order valence-corrected chi connectivity index (χ4v) is 5.94. The average Bonchev–Trinajstić information content (AvgIpc) is 2.98. The number of aliphatic carboxylic acids is 1. The Kier molecular flexibility index (Phi) is 8.56. The van der Waals surface area contributed by atoms with Crippen molar-refractivity contribution in [3.05, 3.63) is 47.3 Å². The molecule has 42 heavy (non-hydrogen) atoms. The molecular weight excluding hydrogens is 568 g/mol. The van der Waals surface area contributed by atoms with Gasteiger partial charge in [-0.05, 0) is 37.1 Å². The van der Waals surface area contributed by atoms with E-state index in [1.807, 2.05) is 12.1 Å². The molecule has 0 aliphatic carbocycles. The van der Waals surface area contributed by atoms with E-state index in [1.54, 1.807) is 6.07 Å². The summed E-state index contributed by atoms with van der Waals surface area (Å²) in [5, 5.41) is 36.6. The summed E-state index contributed by atoms with van der Waals surface area (Å²) >= 11 is 1.40. The van der Waals surface area contributed by atoms with Gasteiger partial charge in [0.15, 0.2) is 5.60 Å². The number of carbonyl (C=O) groups excluding carboxylic acids is 2. The number of anilines is 1. The third kappa shape index (κ3) is 5.87. The van der Waals surface area contributed by atoms with Crippen LogP contribution in [0.2, 0.25) is 0 Å². The molecule has 222 valence electrons. The third-order valence-corrected chi connectivity index (χ3v) is 8.32. The van der Waals surface area contributed by atoms with Gasteiger partial charge in [-0.2, -0.15) is 0 Å². The van der Waals surface area contributed by atoms with Crippen LogP contribution >= 0.6 is 11.8 Å². The molecule has 3 aromatic rings. The highest BCUT2D eigenvalue weighted by atomic mass is 32.2. The molecule has 0 saturated carbocycles. The summed E-state index contributed by atoms with van der Waals surface area (Å²) < 4.78 is 11.6. The topological polar surface area (TPSA) is 219 Å². The molecule has 15 heteroatoms. The highest BCUT2D eigenvalue weighted by molar-refractivity contribution is 8.00. The van der Waals surface area contributed by atoms with Crippen LogP contribution in [0, 0.1) is 0 Å². The molecule has 2 aliphatic heterocycles. The van der Waals surface area contributed by atoms with Gasteiger partial charge in [0.1, 0.15) is 11.5 Å². The van der Waals surface area contributed by atoms with Crippen molar-refractivity contribution >= 4 is 46.4 Å². The van der Waals surface area contributed by atoms with Crippen molar-refractivity contribution in [2.75, 3.05) is 24.8 Å². The minimum absolute atomic E-state index is 0.0355. The number of aliphatic hydroxyl groups is 2. The summed E-state index contributed by atoms with van der Waals surface area (Å²) in [5.41, 5.74) is 4.45. The number of nitrogens with zero attached hydrogens (tertiary/aromatic N) is 3.